The van der Waals surface area contributed by atoms with Crippen molar-refractivity contribution in [2.75, 3.05) is 6.54 Å². The van der Waals surface area contributed by atoms with Crippen LogP contribution >= 0.6 is 11.3 Å². The van der Waals surface area contributed by atoms with E-state index in [0.717, 1.165) is 18.7 Å². The van der Waals surface area contributed by atoms with E-state index in [0.29, 0.717) is 0 Å². The first-order valence-corrected chi connectivity index (χ1v) is 7.97. The Morgan fingerprint density at radius 1 is 1.35 bits per heavy atom. The zero-order valence-corrected chi connectivity index (χ0v) is 13.1. The molecule has 0 spiro atoms. The first kappa shape index (κ1) is 15.0. The Labute approximate surface area is 125 Å². The second-order valence-corrected chi connectivity index (χ2v) is 5.95. The summed E-state index contributed by atoms with van der Waals surface area (Å²) in [6.45, 7) is 7.25. The van der Waals surface area contributed by atoms with Crippen LogP contribution in [-0.4, -0.2) is 17.6 Å². The molecule has 4 heteroatoms. The Bertz CT molecular complexity index is 511. The predicted molar refractivity (Wildman–Crippen MR) is 84.5 cm³/mol. The second-order valence-electron chi connectivity index (χ2n) is 5.03. The largest absolute Gasteiger partial charge is 0.491 e. The van der Waals surface area contributed by atoms with Gasteiger partial charge in [-0.15, -0.1) is 11.3 Å². The summed E-state index contributed by atoms with van der Waals surface area (Å²) in [6, 6.07) is 8.51. The number of aromatic nitrogens is 1. The Hall–Kier alpha value is -1.39. The summed E-state index contributed by atoms with van der Waals surface area (Å²) in [6.07, 6.45) is 3.24. The Morgan fingerprint density at radius 2 is 2.20 bits per heavy atom. The van der Waals surface area contributed by atoms with E-state index in [-0.39, 0.29) is 12.1 Å². The van der Waals surface area contributed by atoms with Crippen LogP contribution in [0.15, 0.2) is 36.0 Å². The number of benzene rings is 1. The molecular weight excluding hydrogens is 268 g/mol. The van der Waals surface area contributed by atoms with Gasteiger partial charge < -0.3 is 10.1 Å². The summed E-state index contributed by atoms with van der Waals surface area (Å²) in [5.41, 5.74) is 3.10. The van der Waals surface area contributed by atoms with Gasteiger partial charge in [0, 0.05) is 11.1 Å². The van der Waals surface area contributed by atoms with Gasteiger partial charge in [-0.3, -0.25) is 4.98 Å². The standard InChI is InChI=1S/C16H22N2OS/c1-4-8-18-16(15-10-17-11-20-15)13-6-5-7-14(9-13)19-12(2)3/h5-7,9-12,16,18H,4,8H2,1-3H3. The van der Waals surface area contributed by atoms with Crippen LogP contribution in [0.3, 0.4) is 0 Å². The van der Waals surface area contributed by atoms with E-state index in [1.807, 2.05) is 31.6 Å². The molecular formula is C16H22N2OS. The molecule has 0 amide bonds. The molecule has 20 heavy (non-hydrogen) atoms. The summed E-state index contributed by atoms with van der Waals surface area (Å²) >= 11 is 1.68. The minimum atomic E-state index is 0.190. The van der Waals surface area contributed by atoms with Crippen molar-refractivity contribution in [3.63, 3.8) is 0 Å². The second kappa shape index (κ2) is 7.41. The van der Waals surface area contributed by atoms with Crippen LogP contribution in [0.5, 0.6) is 5.75 Å². The topological polar surface area (TPSA) is 34.1 Å². The maximum Gasteiger partial charge on any atom is 0.120 e. The first-order chi connectivity index (χ1) is 9.70. The third kappa shape index (κ3) is 4.05. The van der Waals surface area contributed by atoms with Crippen LogP contribution in [0.25, 0.3) is 0 Å². The van der Waals surface area contributed by atoms with Gasteiger partial charge in [-0.1, -0.05) is 19.1 Å². The summed E-state index contributed by atoms with van der Waals surface area (Å²) in [5, 5.41) is 3.58. The van der Waals surface area contributed by atoms with Gasteiger partial charge in [0.2, 0.25) is 0 Å². The monoisotopic (exact) mass is 290 g/mol. The predicted octanol–water partition coefficient (Wildman–Crippen LogP) is 4.02. The van der Waals surface area contributed by atoms with Crippen molar-refractivity contribution in [3.05, 3.63) is 46.4 Å². The van der Waals surface area contributed by atoms with Gasteiger partial charge in [0.15, 0.2) is 0 Å². The number of nitrogens with one attached hydrogen (secondary N) is 1. The number of nitrogens with zero attached hydrogens (tertiary/aromatic N) is 1. The molecule has 2 rings (SSSR count). The molecule has 0 aliphatic carbocycles. The first-order valence-electron chi connectivity index (χ1n) is 7.09. The average Bonchev–Trinajstić information content (AvgIpc) is 2.93. The summed E-state index contributed by atoms with van der Waals surface area (Å²) in [4.78, 5) is 5.43. The molecule has 0 radical (unpaired) electrons. The van der Waals surface area contributed by atoms with Gasteiger partial charge in [0.25, 0.3) is 0 Å². The van der Waals surface area contributed by atoms with Crippen LogP contribution in [0.1, 0.15) is 43.7 Å². The molecule has 0 saturated carbocycles. The Kier molecular flexibility index (Phi) is 5.56. The van der Waals surface area contributed by atoms with Crippen molar-refractivity contribution >= 4 is 11.3 Å². The molecule has 2 aromatic rings. The highest BCUT2D eigenvalue weighted by Crippen LogP contribution is 2.27. The molecule has 0 aliphatic heterocycles. The van der Waals surface area contributed by atoms with Crippen LogP contribution in [0.2, 0.25) is 0 Å². The van der Waals surface area contributed by atoms with Gasteiger partial charge in [-0.05, 0) is 44.5 Å². The third-order valence-electron chi connectivity index (χ3n) is 2.90. The van der Waals surface area contributed by atoms with Crippen molar-refractivity contribution in [2.45, 2.75) is 39.3 Å². The lowest BCUT2D eigenvalue weighted by atomic mass is 10.1. The number of hydrogen-bond donors (Lipinski definition) is 1. The molecule has 0 fully saturated rings. The van der Waals surface area contributed by atoms with Crippen LogP contribution < -0.4 is 10.1 Å². The van der Waals surface area contributed by atoms with Gasteiger partial charge in [-0.2, -0.15) is 0 Å². The van der Waals surface area contributed by atoms with E-state index in [4.69, 9.17) is 4.74 Å². The normalized spacial score (nSPS) is 12.6. The molecule has 1 heterocycles. The maximum absolute atomic E-state index is 5.79. The summed E-state index contributed by atoms with van der Waals surface area (Å²) in [7, 11) is 0. The van der Waals surface area contributed by atoms with Crippen LogP contribution in [0.4, 0.5) is 0 Å². The van der Waals surface area contributed by atoms with E-state index in [9.17, 15) is 0 Å². The highest BCUT2D eigenvalue weighted by Gasteiger charge is 2.15. The van der Waals surface area contributed by atoms with Crippen molar-refractivity contribution in [2.24, 2.45) is 0 Å². The van der Waals surface area contributed by atoms with Gasteiger partial charge >= 0.3 is 0 Å². The fraction of sp³-hybridized carbons (Fsp3) is 0.438. The fourth-order valence-corrected chi connectivity index (χ4v) is 2.80. The van der Waals surface area contributed by atoms with Crippen molar-refractivity contribution in [1.82, 2.24) is 10.3 Å². The lowest BCUT2D eigenvalue weighted by Crippen LogP contribution is -2.22. The van der Waals surface area contributed by atoms with E-state index in [1.165, 1.54) is 10.4 Å². The zero-order chi connectivity index (χ0) is 14.4. The Balaban J connectivity index is 2.24. The van der Waals surface area contributed by atoms with E-state index in [1.54, 1.807) is 11.3 Å². The van der Waals surface area contributed by atoms with Crippen molar-refractivity contribution in [3.8, 4) is 5.75 Å². The number of thiazole rings is 1. The van der Waals surface area contributed by atoms with Crippen LogP contribution in [-0.2, 0) is 0 Å². The lowest BCUT2D eigenvalue weighted by Gasteiger charge is -2.19. The third-order valence-corrected chi connectivity index (χ3v) is 3.74. The quantitative estimate of drug-likeness (QED) is 0.836. The van der Waals surface area contributed by atoms with E-state index in [2.05, 4.69) is 35.4 Å². The summed E-state index contributed by atoms with van der Waals surface area (Å²) in [5.74, 6) is 0.922. The van der Waals surface area contributed by atoms with Crippen LogP contribution in [0, 0.1) is 0 Å². The van der Waals surface area contributed by atoms with Gasteiger partial charge in [0.05, 0.1) is 17.7 Å². The minimum Gasteiger partial charge on any atom is -0.491 e. The van der Waals surface area contributed by atoms with E-state index < -0.39 is 0 Å². The maximum atomic E-state index is 5.79. The number of ether oxygens (including phenoxy) is 1. The molecule has 1 aromatic carbocycles. The van der Waals surface area contributed by atoms with E-state index >= 15 is 0 Å². The molecule has 108 valence electrons. The van der Waals surface area contributed by atoms with Crippen molar-refractivity contribution < 1.29 is 4.74 Å². The SMILES string of the molecule is CCCNC(c1cccc(OC(C)C)c1)c1cncs1. The molecule has 3 nitrogen and oxygen atoms in total. The average molecular weight is 290 g/mol. The van der Waals surface area contributed by atoms with Crippen molar-refractivity contribution in [1.29, 1.82) is 0 Å². The number of rotatable bonds is 7. The molecule has 0 saturated heterocycles. The molecule has 1 aromatic heterocycles. The van der Waals surface area contributed by atoms with Gasteiger partial charge in [-0.25, -0.2) is 0 Å². The number of hydrogen-bond acceptors (Lipinski definition) is 4. The molecule has 1 atom stereocenters. The molecule has 1 N–H and O–H groups in total. The Morgan fingerprint density at radius 3 is 2.85 bits per heavy atom. The van der Waals surface area contributed by atoms with Gasteiger partial charge in [0.1, 0.15) is 5.75 Å². The molecule has 0 aliphatic rings. The lowest BCUT2D eigenvalue weighted by molar-refractivity contribution is 0.242. The minimum absolute atomic E-state index is 0.190. The highest BCUT2D eigenvalue weighted by atomic mass is 32.1. The highest BCUT2D eigenvalue weighted by molar-refractivity contribution is 7.09. The molecule has 0 bridgehead atoms. The molecule has 1 unspecified atom stereocenters. The summed E-state index contributed by atoms with van der Waals surface area (Å²) < 4.78 is 5.79. The smallest absolute Gasteiger partial charge is 0.120 e. The zero-order valence-electron chi connectivity index (χ0n) is 12.3. The fourth-order valence-electron chi connectivity index (χ4n) is 2.08.